The zero-order chi connectivity index (χ0) is 19.5. The minimum Gasteiger partial charge on any atom is -0.497 e. The van der Waals surface area contributed by atoms with Gasteiger partial charge in [0.25, 0.3) is 0 Å². The van der Waals surface area contributed by atoms with E-state index in [2.05, 4.69) is 48.4 Å². The van der Waals surface area contributed by atoms with Crippen LogP contribution in [0.15, 0.2) is 29.3 Å². The van der Waals surface area contributed by atoms with Crippen LogP contribution in [0, 0.1) is 5.92 Å². The van der Waals surface area contributed by atoms with Crippen LogP contribution in [-0.2, 0) is 11.2 Å². The number of morpholine rings is 1. The van der Waals surface area contributed by atoms with Crippen molar-refractivity contribution < 1.29 is 9.47 Å². The van der Waals surface area contributed by atoms with Crippen LogP contribution in [-0.4, -0.2) is 69.9 Å². The Morgan fingerprint density at radius 3 is 2.48 bits per heavy atom. The third-order valence-corrected chi connectivity index (χ3v) is 4.93. The van der Waals surface area contributed by atoms with E-state index < -0.39 is 0 Å². The van der Waals surface area contributed by atoms with Gasteiger partial charge in [0.05, 0.1) is 26.9 Å². The van der Waals surface area contributed by atoms with Gasteiger partial charge in [-0.2, -0.15) is 0 Å². The molecule has 2 N–H and O–H groups in total. The third-order valence-electron chi connectivity index (χ3n) is 4.93. The zero-order valence-corrected chi connectivity index (χ0v) is 17.3. The van der Waals surface area contributed by atoms with Gasteiger partial charge in [-0.05, 0) is 37.0 Å². The highest BCUT2D eigenvalue weighted by molar-refractivity contribution is 5.79. The molecular formula is C21H36N4O2. The third kappa shape index (κ3) is 7.39. The van der Waals surface area contributed by atoms with E-state index in [1.54, 1.807) is 7.11 Å². The van der Waals surface area contributed by atoms with E-state index in [-0.39, 0.29) is 0 Å². The van der Waals surface area contributed by atoms with Gasteiger partial charge in [0.1, 0.15) is 5.75 Å². The summed E-state index contributed by atoms with van der Waals surface area (Å²) in [6.07, 6.45) is 0.950. The Morgan fingerprint density at radius 2 is 1.89 bits per heavy atom. The number of rotatable bonds is 9. The van der Waals surface area contributed by atoms with E-state index in [1.807, 2.05) is 12.1 Å². The molecule has 152 valence electrons. The zero-order valence-electron chi connectivity index (χ0n) is 17.3. The van der Waals surface area contributed by atoms with Crippen LogP contribution in [0.3, 0.4) is 0 Å². The van der Waals surface area contributed by atoms with Crippen LogP contribution in [0.4, 0.5) is 0 Å². The highest BCUT2D eigenvalue weighted by atomic mass is 16.5. The maximum Gasteiger partial charge on any atom is 0.191 e. The first-order chi connectivity index (χ1) is 13.1. The smallest absolute Gasteiger partial charge is 0.191 e. The number of methoxy groups -OCH3 is 1. The predicted octanol–water partition coefficient (Wildman–Crippen LogP) is 2.15. The van der Waals surface area contributed by atoms with E-state index >= 15 is 0 Å². The fraction of sp³-hybridized carbons (Fsp3) is 0.667. The van der Waals surface area contributed by atoms with Crippen molar-refractivity contribution >= 4 is 5.96 Å². The minimum atomic E-state index is 0.450. The molecule has 1 aliphatic rings. The summed E-state index contributed by atoms with van der Waals surface area (Å²) in [7, 11) is 1.69. The monoisotopic (exact) mass is 376 g/mol. The van der Waals surface area contributed by atoms with Gasteiger partial charge < -0.3 is 20.1 Å². The van der Waals surface area contributed by atoms with Crippen molar-refractivity contribution in [2.24, 2.45) is 10.9 Å². The van der Waals surface area contributed by atoms with Gasteiger partial charge in [-0.1, -0.05) is 26.0 Å². The molecule has 6 nitrogen and oxygen atoms in total. The van der Waals surface area contributed by atoms with E-state index in [0.29, 0.717) is 12.0 Å². The molecule has 0 bridgehead atoms. The van der Waals surface area contributed by atoms with Crippen molar-refractivity contribution in [2.75, 3.05) is 53.0 Å². The standard InChI is InChI=1S/C21H36N4O2/c1-5-22-21(23-11-10-18-6-8-19(26-4)9-7-18)24-16-20(17(2)3)25-12-14-27-15-13-25/h6-9,17,20H,5,10-16H2,1-4H3,(H2,22,23,24). The molecule has 0 radical (unpaired) electrons. The van der Waals surface area contributed by atoms with Crippen molar-refractivity contribution in [1.29, 1.82) is 0 Å². The molecule has 27 heavy (non-hydrogen) atoms. The molecule has 2 rings (SSSR count). The first-order valence-corrected chi connectivity index (χ1v) is 10.1. The molecule has 1 aromatic rings. The molecule has 1 fully saturated rings. The van der Waals surface area contributed by atoms with Gasteiger partial charge in [0, 0.05) is 32.2 Å². The molecule has 1 atom stereocenters. The fourth-order valence-corrected chi connectivity index (χ4v) is 3.30. The molecule has 0 amide bonds. The highest BCUT2D eigenvalue weighted by Crippen LogP contribution is 2.13. The van der Waals surface area contributed by atoms with Crippen LogP contribution in [0.5, 0.6) is 5.75 Å². The van der Waals surface area contributed by atoms with Gasteiger partial charge in [-0.15, -0.1) is 0 Å². The van der Waals surface area contributed by atoms with Crippen molar-refractivity contribution in [1.82, 2.24) is 15.5 Å². The predicted molar refractivity (Wildman–Crippen MR) is 112 cm³/mol. The van der Waals surface area contributed by atoms with Crippen molar-refractivity contribution in [3.8, 4) is 5.75 Å². The van der Waals surface area contributed by atoms with Gasteiger partial charge >= 0.3 is 0 Å². The number of guanidine groups is 1. The van der Waals surface area contributed by atoms with E-state index in [0.717, 1.165) is 64.1 Å². The van der Waals surface area contributed by atoms with Crippen LogP contribution in [0.25, 0.3) is 0 Å². The molecule has 1 unspecified atom stereocenters. The molecule has 6 heteroatoms. The summed E-state index contributed by atoms with van der Waals surface area (Å²) in [6.45, 7) is 12.8. The summed E-state index contributed by atoms with van der Waals surface area (Å²) >= 11 is 0. The largest absolute Gasteiger partial charge is 0.497 e. The van der Waals surface area contributed by atoms with Gasteiger partial charge in [-0.3, -0.25) is 9.89 Å². The average molecular weight is 377 g/mol. The number of benzene rings is 1. The lowest BCUT2D eigenvalue weighted by Gasteiger charge is -2.36. The molecule has 1 saturated heterocycles. The van der Waals surface area contributed by atoms with Gasteiger partial charge in [0.2, 0.25) is 0 Å². The van der Waals surface area contributed by atoms with Crippen molar-refractivity contribution in [3.63, 3.8) is 0 Å². The van der Waals surface area contributed by atoms with Crippen LogP contribution < -0.4 is 15.4 Å². The molecule has 0 spiro atoms. The lowest BCUT2D eigenvalue weighted by molar-refractivity contribution is 0.00867. The minimum absolute atomic E-state index is 0.450. The second kappa shape index (κ2) is 11.8. The Hall–Kier alpha value is -1.79. The lowest BCUT2D eigenvalue weighted by atomic mass is 10.0. The lowest BCUT2D eigenvalue weighted by Crippen LogP contribution is -2.48. The maximum atomic E-state index is 5.49. The molecule has 0 saturated carbocycles. The van der Waals surface area contributed by atoms with Gasteiger partial charge in [-0.25, -0.2) is 0 Å². The number of hydrogen-bond acceptors (Lipinski definition) is 4. The first kappa shape index (κ1) is 21.5. The maximum absolute atomic E-state index is 5.49. The van der Waals surface area contributed by atoms with E-state index in [9.17, 15) is 0 Å². The Balaban J connectivity index is 1.87. The Bertz CT molecular complexity index is 554. The summed E-state index contributed by atoms with van der Waals surface area (Å²) in [5, 5.41) is 6.82. The van der Waals surface area contributed by atoms with E-state index in [1.165, 1.54) is 5.56 Å². The van der Waals surface area contributed by atoms with Crippen LogP contribution in [0.2, 0.25) is 0 Å². The summed E-state index contributed by atoms with van der Waals surface area (Å²) in [5.74, 6) is 2.35. The molecule has 0 aromatic heterocycles. The van der Waals surface area contributed by atoms with Crippen molar-refractivity contribution in [3.05, 3.63) is 29.8 Å². The molecule has 0 aliphatic carbocycles. The van der Waals surface area contributed by atoms with Gasteiger partial charge in [0.15, 0.2) is 5.96 Å². The van der Waals surface area contributed by atoms with Crippen LogP contribution in [0.1, 0.15) is 26.3 Å². The SMILES string of the molecule is CCNC(=NCC(C(C)C)N1CCOCC1)NCCc1ccc(OC)cc1. The topological polar surface area (TPSA) is 58.1 Å². The molecule has 1 aliphatic heterocycles. The summed E-state index contributed by atoms with van der Waals surface area (Å²) < 4.78 is 10.7. The van der Waals surface area contributed by atoms with Crippen molar-refractivity contribution in [2.45, 2.75) is 33.2 Å². The Labute approximate surface area is 164 Å². The fourth-order valence-electron chi connectivity index (χ4n) is 3.30. The molecule has 1 aromatic carbocycles. The number of hydrogen-bond donors (Lipinski definition) is 2. The van der Waals surface area contributed by atoms with E-state index in [4.69, 9.17) is 14.5 Å². The normalized spacial score (nSPS) is 17.0. The Kier molecular flexibility index (Phi) is 9.42. The summed E-state index contributed by atoms with van der Waals surface area (Å²) in [4.78, 5) is 7.37. The summed E-state index contributed by atoms with van der Waals surface area (Å²) in [5.41, 5.74) is 1.28. The second-order valence-corrected chi connectivity index (χ2v) is 7.20. The quantitative estimate of drug-likeness (QED) is 0.511. The summed E-state index contributed by atoms with van der Waals surface area (Å²) in [6, 6.07) is 8.68. The number of aliphatic imine (C=N–C) groups is 1. The number of nitrogens with zero attached hydrogens (tertiary/aromatic N) is 2. The molecular weight excluding hydrogens is 340 g/mol. The highest BCUT2D eigenvalue weighted by Gasteiger charge is 2.23. The second-order valence-electron chi connectivity index (χ2n) is 7.20. The Morgan fingerprint density at radius 1 is 1.19 bits per heavy atom. The van der Waals surface area contributed by atoms with Crippen LogP contribution >= 0.6 is 0 Å². The average Bonchev–Trinajstić information content (AvgIpc) is 2.69. The number of ether oxygens (including phenoxy) is 2. The first-order valence-electron chi connectivity index (χ1n) is 10.1. The number of nitrogens with one attached hydrogen (secondary N) is 2. The molecule has 1 heterocycles.